The van der Waals surface area contributed by atoms with Crippen molar-refractivity contribution in [3.63, 3.8) is 0 Å². The summed E-state index contributed by atoms with van der Waals surface area (Å²) < 4.78 is 5.29. The van der Waals surface area contributed by atoms with Crippen LogP contribution >= 0.6 is 17.0 Å². The van der Waals surface area contributed by atoms with Crippen molar-refractivity contribution in [2.24, 2.45) is 0 Å². The van der Waals surface area contributed by atoms with Gasteiger partial charge in [-0.3, -0.25) is 4.79 Å². The molecule has 3 nitrogen and oxygen atoms in total. The van der Waals surface area contributed by atoms with Crippen LogP contribution in [0.25, 0.3) is 0 Å². The lowest BCUT2D eigenvalue weighted by Crippen LogP contribution is -2.46. The Labute approximate surface area is 90.0 Å². The molecule has 1 aliphatic rings. The molecule has 0 radical (unpaired) electrons. The van der Waals surface area contributed by atoms with E-state index >= 15 is 0 Å². The summed E-state index contributed by atoms with van der Waals surface area (Å²) in [4.78, 5) is 10.9. The number of hydrogen-bond donors (Lipinski definition) is 1. The zero-order chi connectivity index (χ0) is 8.97. The number of piperidine rings is 1. The standard InChI is InChI=1S/C9H17NO2.BrH/c1-7(11)6-8-9(12-2)4-3-5-10-8;/h8-10H,3-6H2,1-2H3;1H. The molecule has 1 aliphatic heterocycles. The Morgan fingerprint density at radius 1 is 1.62 bits per heavy atom. The molecule has 2 unspecified atom stereocenters. The summed E-state index contributed by atoms with van der Waals surface area (Å²) in [5.74, 6) is 0.233. The highest BCUT2D eigenvalue weighted by molar-refractivity contribution is 8.93. The molecular weight excluding hydrogens is 234 g/mol. The van der Waals surface area contributed by atoms with Gasteiger partial charge in [-0.15, -0.1) is 17.0 Å². The van der Waals surface area contributed by atoms with Crippen molar-refractivity contribution in [1.29, 1.82) is 0 Å². The van der Waals surface area contributed by atoms with E-state index < -0.39 is 0 Å². The van der Waals surface area contributed by atoms with Gasteiger partial charge in [0.2, 0.25) is 0 Å². The number of methoxy groups -OCH3 is 1. The van der Waals surface area contributed by atoms with Crippen LogP contribution in [-0.4, -0.2) is 31.6 Å². The summed E-state index contributed by atoms with van der Waals surface area (Å²) in [7, 11) is 1.71. The van der Waals surface area contributed by atoms with E-state index in [1.54, 1.807) is 14.0 Å². The second-order valence-electron chi connectivity index (χ2n) is 3.38. The molecule has 1 rings (SSSR count). The number of nitrogens with one attached hydrogen (secondary N) is 1. The minimum Gasteiger partial charge on any atom is -0.380 e. The molecule has 0 aromatic rings. The number of halogens is 1. The van der Waals surface area contributed by atoms with Gasteiger partial charge in [0.05, 0.1) is 6.10 Å². The third kappa shape index (κ3) is 4.20. The smallest absolute Gasteiger partial charge is 0.131 e. The number of carbonyl (C=O) groups excluding carboxylic acids is 1. The Morgan fingerprint density at radius 2 is 2.31 bits per heavy atom. The number of Topliss-reactive ketones (excluding diaryl/α,β-unsaturated/α-hetero) is 1. The number of ether oxygens (including phenoxy) is 1. The van der Waals surface area contributed by atoms with Crippen LogP contribution in [0.4, 0.5) is 0 Å². The van der Waals surface area contributed by atoms with Gasteiger partial charge in [-0.1, -0.05) is 0 Å². The van der Waals surface area contributed by atoms with Crippen LogP contribution < -0.4 is 5.32 Å². The molecule has 1 fully saturated rings. The molecular formula is C9H18BrNO2. The zero-order valence-electron chi connectivity index (χ0n) is 8.21. The van der Waals surface area contributed by atoms with Gasteiger partial charge in [-0.05, 0) is 26.3 Å². The van der Waals surface area contributed by atoms with Crippen molar-refractivity contribution in [2.75, 3.05) is 13.7 Å². The van der Waals surface area contributed by atoms with E-state index in [4.69, 9.17) is 4.74 Å². The summed E-state index contributed by atoms with van der Waals surface area (Å²) in [5.41, 5.74) is 0. The molecule has 0 aromatic heterocycles. The number of ketones is 1. The van der Waals surface area contributed by atoms with Crippen LogP contribution in [0.5, 0.6) is 0 Å². The molecule has 0 spiro atoms. The molecule has 2 atom stereocenters. The highest BCUT2D eigenvalue weighted by Crippen LogP contribution is 2.14. The van der Waals surface area contributed by atoms with Crippen molar-refractivity contribution >= 4 is 22.8 Å². The van der Waals surface area contributed by atoms with E-state index in [0.717, 1.165) is 19.4 Å². The van der Waals surface area contributed by atoms with E-state index in [9.17, 15) is 4.79 Å². The minimum absolute atomic E-state index is 0. The van der Waals surface area contributed by atoms with E-state index in [1.165, 1.54) is 0 Å². The van der Waals surface area contributed by atoms with E-state index in [-0.39, 0.29) is 34.9 Å². The molecule has 1 heterocycles. The lowest BCUT2D eigenvalue weighted by Gasteiger charge is -2.30. The van der Waals surface area contributed by atoms with Crippen LogP contribution in [0.2, 0.25) is 0 Å². The molecule has 1 saturated heterocycles. The molecule has 0 saturated carbocycles. The van der Waals surface area contributed by atoms with E-state index in [0.29, 0.717) is 6.42 Å². The van der Waals surface area contributed by atoms with Crippen molar-refractivity contribution in [1.82, 2.24) is 5.32 Å². The maximum absolute atomic E-state index is 10.9. The molecule has 0 aliphatic carbocycles. The molecule has 1 N–H and O–H groups in total. The maximum Gasteiger partial charge on any atom is 0.131 e. The Bertz CT molecular complexity index is 164. The molecule has 4 heteroatoms. The second-order valence-corrected chi connectivity index (χ2v) is 3.38. The first-order valence-electron chi connectivity index (χ1n) is 4.49. The fourth-order valence-electron chi connectivity index (χ4n) is 1.72. The Kier molecular flexibility index (Phi) is 6.55. The zero-order valence-corrected chi connectivity index (χ0v) is 9.92. The van der Waals surface area contributed by atoms with Gasteiger partial charge in [0.15, 0.2) is 0 Å². The lowest BCUT2D eigenvalue weighted by molar-refractivity contribution is -0.118. The number of hydrogen-bond acceptors (Lipinski definition) is 3. The van der Waals surface area contributed by atoms with Gasteiger partial charge in [0.1, 0.15) is 5.78 Å². The Balaban J connectivity index is 0.00000144. The average molecular weight is 252 g/mol. The van der Waals surface area contributed by atoms with Gasteiger partial charge in [0.25, 0.3) is 0 Å². The normalized spacial score (nSPS) is 27.8. The summed E-state index contributed by atoms with van der Waals surface area (Å²) in [5, 5.41) is 3.31. The summed E-state index contributed by atoms with van der Waals surface area (Å²) in [6.07, 6.45) is 3.04. The first kappa shape index (κ1) is 13.1. The van der Waals surface area contributed by atoms with Crippen molar-refractivity contribution in [3.8, 4) is 0 Å². The second kappa shape index (κ2) is 6.51. The first-order valence-corrected chi connectivity index (χ1v) is 4.49. The van der Waals surface area contributed by atoms with E-state index in [1.807, 2.05) is 0 Å². The molecule has 0 bridgehead atoms. The van der Waals surface area contributed by atoms with Crippen LogP contribution in [0.3, 0.4) is 0 Å². The van der Waals surface area contributed by atoms with Gasteiger partial charge in [-0.2, -0.15) is 0 Å². The van der Waals surface area contributed by atoms with Crippen molar-refractivity contribution in [3.05, 3.63) is 0 Å². The third-order valence-corrected chi connectivity index (χ3v) is 2.33. The molecule has 0 aromatic carbocycles. The predicted octanol–water partition coefficient (Wildman–Crippen LogP) is 1.31. The summed E-state index contributed by atoms with van der Waals surface area (Å²) >= 11 is 0. The minimum atomic E-state index is 0. The van der Waals surface area contributed by atoms with Crippen LogP contribution in [0, 0.1) is 0 Å². The highest BCUT2D eigenvalue weighted by atomic mass is 79.9. The first-order chi connectivity index (χ1) is 5.74. The number of carbonyl (C=O) groups is 1. The maximum atomic E-state index is 10.9. The van der Waals surface area contributed by atoms with Gasteiger partial charge >= 0.3 is 0 Å². The summed E-state index contributed by atoms with van der Waals surface area (Å²) in [6, 6.07) is 0.237. The molecule has 13 heavy (non-hydrogen) atoms. The van der Waals surface area contributed by atoms with E-state index in [2.05, 4.69) is 5.32 Å². The fraction of sp³-hybridized carbons (Fsp3) is 0.889. The lowest BCUT2D eigenvalue weighted by atomic mass is 9.97. The van der Waals surface area contributed by atoms with Crippen molar-refractivity contribution in [2.45, 2.75) is 38.3 Å². The SMILES string of the molecule is Br.COC1CCCNC1CC(C)=O. The monoisotopic (exact) mass is 251 g/mol. The molecule has 0 amide bonds. The van der Waals surface area contributed by atoms with Gasteiger partial charge in [0, 0.05) is 19.6 Å². The topological polar surface area (TPSA) is 38.3 Å². The van der Waals surface area contributed by atoms with Crippen LogP contribution in [0.1, 0.15) is 26.2 Å². The fourth-order valence-corrected chi connectivity index (χ4v) is 1.72. The van der Waals surface area contributed by atoms with Crippen LogP contribution in [0.15, 0.2) is 0 Å². The molecule has 78 valence electrons. The number of rotatable bonds is 3. The van der Waals surface area contributed by atoms with Crippen molar-refractivity contribution < 1.29 is 9.53 Å². The Morgan fingerprint density at radius 3 is 2.85 bits per heavy atom. The Hall–Kier alpha value is 0.0700. The predicted molar refractivity (Wildman–Crippen MR) is 57.4 cm³/mol. The third-order valence-electron chi connectivity index (χ3n) is 2.33. The summed E-state index contributed by atoms with van der Waals surface area (Å²) in [6.45, 7) is 2.64. The highest BCUT2D eigenvalue weighted by Gasteiger charge is 2.24. The van der Waals surface area contributed by atoms with Gasteiger partial charge < -0.3 is 10.1 Å². The largest absolute Gasteiger partial charge is 0.380 e. The average Bonchev–Trinajstić information content (AvgIpc) is 2.04. The van der Waals surface area contributed by atoms with Gasteiger partial charge in [-0.25, -0.2) is 0 Å². The quantitative estimate of drug-likeness (QED) is 0.823. The van der Waals surface area contributed by atoms with Crippen LogP contribution in [-0.2, 0) is 9.53 Å².